The van der Waals surface area contributed by atoms with E-state index in [1.807, 2.05) is 0 Å². The second kappa shape index (κ2) is 4.42. The van der Waals surface area contributed by atoms with E-state index in [-0.39, 0.29) is 19.1 Å². The van der Waals surface area contributed by atoms with Gasteiger partial charge >= 0.3 is 7.60 Å². The third-order valence-corrected chi connectivity index (χ3v) is 2.00. The van der Waals surface area contributed by atoms with E-state index in [0.29, 0.717) is 5.06 Å². The molecular weight excluding hydrogens is 185 g/mol. The average molecular weight is 197 g/mol. The first-order valence-electron chi connectivity index (χ1n) is 3.18. The summed E-state index contributed by atoms with van der Waals surface area (Å²) in [5, 5.41) is 15.9. The smallest absolute Gasteiger partial charge is 0.325 e. The lowest BCUT2D eigenvalue weighted by Crippen LogP contribution is -2.34. The maximum atomic E-state index is 10.3. The molecule has 0 aliphatic carbocycles. The third-order valence-electron chi connectivity index (χ3n) is 1.10. The molecule has 8 heteroatoms. The molecule has 0 aliphatic rings. The zero-order chi connectivity index (χ0) is 9.78. The van der Waals surface area contributed by atoms with Gasteiger partial charge in [-0.1, -0.05) is 0 Å². The number of nitrogens with two attached hydrogens (primary N) is 1. The predicted octanol–water partition coefficient (Wildman–Crippen LogP) is -0.861. The summed E-state index contributed by atoms with van der Waals surface area (Å²) < 4.78 is 10.3. The van der Waals surface area contributed by atoms with Crippen molar-refractivity contribution in [2.75, 3.05) is 12.7 Å². The summed E-state index contributed by atoms with van der Waals surface area (Å²) in [5.41, 5.74) is 4.85. The molecule has 72 valence electrons. The van der Waals surface area contributed by atoms with Crippen LogP contribution in [0.1, 0.15) is 6.42 Å². The van der Waals surface area contributed by atoms with Crippen molar-refractivity contribution in [2.24, 2.45) is 5.73 Å². The Hall–Kier alpha value is -0.620. The van der Waals surface area contributed by atoms with E-state index in [1.165, 1.54) is 0 Å². The molecular formula is C4H12N3O4P. The first-order valence-corrected chi connectivity index (χ1v) is 4.97. The Morgan fingerprint density at radius 1 is 1.58 bits per heavy atom. The number of nitrogens with one attached hydrogen (secondary N) is 1. The van der Waals surface area contributed by atoms with E-state index >= 15 is 0 Å². The van der Waals surface area contributed by atoms with E-state index < -0.39 is 13.6 Å². The molecule has 0 aliphatic heterocycles. The van der Waals surface area contributed by atoms with E-state index in [4.69, 9.17) is 26.1 Å². The Labute approximate surface area is 69.4 Å². The van der Waals surface area contributed by atoms with Gasteiger partial charge in [0.25, 0.3) is 0 Å². The molecule has 0 saturated heterocycles. The number of hydroxylamine groups is 2. The minimum Gasteiger partial charge on any atom is -0.368 e. The van der Waals surface area contributed by atoms with Crippen LogP contribution in [-0.4, -0.2) is 38.7 Å². The van der Waals surface area contributed by atoms with Crippen molar-refractivity contribution < 1.29 is 19.6 Å². The van der Waals surface area contributed by atoms with Gasteiger partial charge in [-0.15, -0.1) is 0 Å². The molecule has 0 amide bonds. The van der Waals surface area contributed by atoms with Crippen LogP contribution in [0.15, 0.2) is 0 Å². The highest BCUT2D eigenvalue weighted by Crippen LogP contribution is 2.34. The fourth-order valence-corrected chi connectivity index (χ4v) is 1.10. The standard InChI is InChI=1S/C4H12N3O4P/c5-4(6)7(8)2-1-3-12(9,10)11/h8H,1-3H2,(H3,5,6)(H2,9,10,11). The lowest BCUT2D eigenvalue weighted by atomic mass is 10.5. The highest BCUT2D eigenvalue weighted by Gasteiger charge is 2.13. The lowest BCUT2D eigenvalue weighted by molar-refractivity contribution is -0.0167. The van der Waals surface area contributed by atoms with Gasteiger partial charge in [-0.05, 0) is 6.42 Å². The number of hydrogen-bond donors (Lipinski definition) is 5. The molecule has 0 rings (SSSR count). The quantitative estimate of drug-likeness (QED) is 0.172. The lowest BCUT2D eigenvalue weighted by Gasteiger charge is -2.13. The topological polar surface area (TPSA) is 131 Å². The molecule has 12 heavy (non-hydrogen) atoms. The number of rotatable bonds is 4. The summed E-state index contributed by atoms with van der Waals surface area (Å²) in [6, 6.07) is 0. The van der Waals surface area contributed by atoms with Crippen LogP contribution in [0.2, 0.25) is 0 Å². The molecule has 0 aromatic carbocycles. The van der Waals surface area contributed by atoms with Gasteiger partial charge in [0, 0.05) is 6.54 Å². The molecule has 0 fully saturated rings. The van der Waals surface area contributed by atoms with Crippen molar-refractivity contribution in [1.29, 1.82) is 5.41 Å². The zero-order valence-corrected chi connectivity index (χ0v) is 7.24. The van der Waals surface area contributed by atoms with Crippen LogP contribution in [0.25, 0.3) is 0 Å². The molecule has 0 saturated carbocycles. The highest BCUT2D eigenvalue weighted by atomic mass is 31.2. The van der Waals surface area contributed by atoms with Crippen LogP contribution in [0.3, 0.4) is 0 Å². The Bertz CT molecular complexity index is 202. The van der Waals surface area contributed by atoms with Gasteiger partial charge in [0.1, 0.15) is 0 Å². The molecule has 0 spiro atoms. The van der Waals surface area contributed by atoms with Crippen LogP contribution < -0.4 is 5.73 Å². The molecule has 0 aromatic rings. The van der Waals surface area contributed by atoms with Crippen molar-refractivity contribution in [3.05, 3.63) is 0 Å². The maximum Gasteiger partial charge on any atom is 0.325 e. The third kappa shape index (κ3) is 6.11. The fourth-order valence-electron chi connectivity index (χ4n) is 0.547. The first-order chi connectivity index (χ1) is 5.33. The summed E-state index contributed by atoms with van der Waals surface area (Å²) in [6.45, 7) is -0.0551. The second-order valence-electron chi connectivity index (χ2n) is 2.25. The highest BCUT2D eigenvalue weighted by molar-refractivity contribution is 7.51. The second-order valence-corrected chi connectivity index (χ2v) is 4.03. The van der Waals surface area contributed by atoms with E-state index in [1.54, 1.807) is 0 Å². The summed E-state index contributed by atoms with van der Waals surface area (Å²) in [7, 11) is -4.00. The molecule has 0 radical (unpaired) electrons. The molecule has 6 N–H and O–H groups in total. The van der Waals surface area contributed by atoms with Crippen LogP contribution >= 0.6 is 7.60 Å². The van der Waals surface area contributed by atoms with Crippen molar-refractivity contribution in [2.45, 2.75) is 6.42 Å². The Kier molecular flexibility index (Phi) is 4.19. The summed E-state index contributed by atoms with van der Waals surface area (Å²) in [4.78, 5) is 16.8. The van der Waals surface area contributed by atoms with Gasteiger partial charge in [-0.3, -0.25) is 15.2 Å². The number of nitrogens with zero attached hydrogens (tertiary/aromatic N) is 1. The molecule has 0 atom stereocenters. The first kappa shape index (κ1) is 11.4. The average Bonchev–Trinajstić information content (AvgIpc) is 1.84. The predicted molar refractivity (Wildman–Crippen MR) is 41.9 cm³/mol. The van der Waals surface area contributed by atoms with Crippen molar-refractivity contribution in [3.8, 4) is 0 Å². The van der Waals surface area contributed by atoms with Crippen LogP contribution in [-0.2, 0) is 4.57 Å². The van der Waals surface area contributed by atoms with Crippen molar-refractivity contribution in [1.82, 2.24) is 5.06 Å². The largest absolute Gasteiger partial charge is 0.368 e. The molecule has 0 heterocycles. The van der Waals surface area contributed by atoms with Crippen LogP contribution in [0.5, 0.6) is 0 Å². The summed E-state index contributed by atoms with van der Waals surface area (Å²) in [6.07, 6.45) is -0.238. The summed E-state index contributed by atoms with van der Waals surface area (Å²) in [5.74, 6) is -0.541. The zero-order valence-electron chi connectivity index (χ0n) is 6.34. The Morgan fingerprint density at radius 3 is 2.42 bits per heavy atom. The van der Waals surface area contributed by atoms with Gasteiger partial charge in [0.2, 0.25) is 5.96 Å². The SMILES string of the molecule is N=C(N)N(O)CCCP(=O)(O)O. The van der Waals surface area contributed by atoms with Gasteiger partial charge in [0.15, 0.2) is 0 Å². The van der Waals surface area contributed by atoms with Gasteiger partial charge in [0.05, 0.1) is 6.16 Å². The van der Waals surface area contributed by atoms with Crippen molar-refractivity contribution in [3.63, 3.8) is 0 Å². The number of guanidine groups is 1. The Morgan fingerprint density at radius 2 is 2.08 bits per heavy atom. The monoisotopic (exact) mass is 197 g/mol. The summed E-state index contributed by atoms with van der Waals surface area (Å²) >= 11 is 0. The van der Waals surface area contributed by atoms with Gasteiger partial charge in [-0.25, -0.2) is 5.06 Å². The van der Waals surface area contributed by atoms with Gasteiger partial charge < -0.3 is 15.5 Å². The minimum atomic E-state index is -4.00. The molecule has 7 nitrogen and oxygen atoms in total. The molecule has 0 aromatic heterocycles. The minimum absolute atomic E-state index is 0.0551. The van der Waals surface area contributed by atoms with E-state index in [2.05, 4.69) is 0 Å². The van der Waals surface area contributed by atoms with E-state index in [0.717, 1.165) is 0 Å². The fraction of sp³-hybridized carbons (Fsp3) is 0.750. The number of hydrogen-bond acceptors (Lipinski definition) is 3. The van der Waals surface area contributed by atoms with Gasteiger partial charge in [-0.2, -0.15) is 0 Å². The Balaban J connectivity index is 3.58. The van der Waals surface area contributed by atoms with E-state index in [9.17, 15) is 4.57 Å². The molecule has 0 bridgehead atoms. The molecule has 0 unspecified atom stereocenters. The van der Waals surface area contributed by atoms with Crippen molar-refractivity contribution >= 4 is 13.6 Å². The maximum absolute atomic E-state index is 10.3. The normalized spacial score (nSPS) is 11.2. The van der Waals surface area contributed by atoms with Crippen LogP contribution in [0.4, 0.5) is 0 Å². The van der Waals surface area contributed by atoms with Crippen LogP contribution in [0, 0.1) is 5.41 Å².